The van der Waals surface area contributed by atoms with Gasteiger partial charge in [-0.05, 0) is 33.1 Å². The Balaban J connectivity index is 2.25. The van der Waals surface area contributed by atoms with E-state index in [-0.39, 0.29) is 18.0 Å². The average molecular weight is 241 g/mol. The van der Waals surface area contributed by atoms with Crippen LogP contribution in [-0.4, -0.2) is 36.1 Å². The standard InChI is InChI=1S/C13H27N3O/c1-4-8-11(2)14-13(17)12(3)15-16-9-6-5-7-10-16/h11-12,15H,4-10H2,1-3H3,(H,14,17). The minimum absolute atomic E-state index is 0.108. The second-order valence-electron chi connectivity index (χ2n) is 5.10. The molecule has 17 heavy (non-hydrogen) atoms. The first-order valence-electron chi connectivity index (χ1n) is 6.95. The number of nitrogens with one attached hydrogen (secondary N) is 2. The number of hydrazine groups is 1. The zero-order valence-electron chi connectivity index (χ0n) is 11.5. The Morgan fingerprint density at radius 3 is 2.47 bits per heavy atom. The van der Waals surface area contributed by atoms with E-state index in [1.54, 1.807) is 0 Å². The molecule has 4 heteroatoms. The summed E-state index contributed by atoms with van der Waals surface area (Å²) in [5, 5.41) is 5.22. The molecule has 100 valence electrons. The summed E-state index contributed by atoms with van der Waals surface area (Å²) in [6, 6.07) is 0.144. The second kappa shape index (κ2) is 7.67. The zero-order chi connectivity index (χ0) is 12.7. The predicted molar refractivity (Wildman–Crippen MR) is 70.5 cm³/mol. The van der Waals surface area contributed by atoms with Crippen LogP contribution in [0.5, 0.6) is 0 Å². The average Bonchev–Trinajstić information content (AvgIpc) is 2.30. The summed E-state index contributed by atoms with van der Waals surface area (Å²) in [4.78, 5) is 11.9. The Morgan fingerprint density at radius 1 is 1.24 bits per heavy atom. The molecule has 1 fully saturated rings. The minimum atomic E-state index is -0.132. The van der Waals surface area contributed by atoms with Crippen LogP contribution in [0.15, 0.2) is 0 Å². The van der Waals surface area contributed by atoms with Crippen LogP contribution in [0.4, 0.5) is 0 Å². The van der Waals surface area contributed by atoms with E-state index in [4.69, 9.17) is 0 Å². The van der Waals surface area contributed by atoms with Gasteiger partial charge in [0.15, 0.2) is 0 Å². The van der Waals surface area contributed by atoms with Gasteiger partial charge in [-0.15, -0.1) is 0 Å². The highest BCUT2D eigenvalue weighted by Gasteiger charge is 2.18. The smallest absolute Gasteiger partial charge is 0.238 e. The van der Waals surface area contributed by atoms with Crippen LogP contribution in [0, 0.1) is 0 Å². The Hall–Kier alpha value is -0.610. The van der Waals surface area contributed by atoms with Crippen molar-refractivity contribution < 1.29 is 4.79 Å². The van der Waals surface area contributed by atoms with Gasteiger partial charge in [0.05, 0.1) is 6.04 Å². The molecule has 1 rings (SSSR count). The number of hydrogen-bond acceptors (Lipinski definition) is 3. The Kier molecular flexibility index (Phi) is 6.52. The van der Waals surface area contributed by atoms with Gasteiger partial charge in [-0.1, -0.05) is 19.8 Å². The lowest BCUT2D eigenvalue weighted by Crippen LogP contribution is -2.53. The molecule has 0 aromatic carbocycles. The lowest BCUT2D eigenvalue weighted by Gasteiger charge is -2.30. The maximum Gasteiger partial charge on any atom is 0.238 e. The molecule has 1 amide bonds. The molecular formula is C13H27N3O. The summed E-state index contributed by atoms with van der Waals surface area (Å²) in [7, 11) is 0. The molecule has 2 unspecified atom stereocenters. The van der Waals surface area contributed by atoms with Crippen molar-refractivity contribution >= 4 is 5.91 Å². The molecule has 0 saturated carbocycles. The third-order valence-corrected chi connectivity index (χ3v) is 3.24. The molecule has 1 aliphatic rings. The van der Waals surface area contributed by atoms with Gasteiger partial charge in [-0.3, -0.25) is 4.79 Å². The SMILES string of the molecule is CCCC(C)NC(=O)C(C)NN1CCCCC1. The minimum Gasteiger partial charge on any atom is -0.352 e. The van der Waals surface area contributed by atoms with E-state index in [2.05, 4.69) is 29.6 Å². The van der Waals surface area contributed by atoms with Gasteiger partial charge in [-0.25, -0.2) is 10.4 Å². The Labute approximate surface area is 105 Å². The van der Waals surface area contributed by atoms with Crippen molar-refractivity contribution in [3.8, 4) is 0 Å². The van der Waals surface area contributed by atoms with Gasteiger partial charge in [-0.2, -0.15) is 0 Å². The van der Waals surface area contributed by atoms with E-state index < -0.39 is 0 Å². The zero-order valence-corrected chi connectivity index (χ0v) is 11.5. The first-order chi connectivity index (χ1) is 8.13. The van der Waals surface area contributed by atoms with Crippen molar-refractivity contribution in [2.24, 2.45) is 0 Å². The Bertz CT molecular complexity index is 227. The first-order valence-corrected chi connectivity index (χ1v) is 6.95. The summed E-state index contributed by atoms with van der Waals surface area (Å²) < 4.78 is 0. The highest BCUT2D eigenvalue weighted by atomic mass is 16.2. The van der Waals surface area contributed by atoms with Crippen LogP contribution < -0.4 is 10.7 Å². The van der Waals surface area contributed by atoms with E-state index in [0.29, 0.717) is 0 Å². The molecule has 4 nitrogen and oxygen atoms in total. The van der Waals surface area contributed by atoms with Crippen molar-refractivity contribution in [2.45, 2.75) is 65.0 Å². The van der Waals surface area contributed by atoms with E-state index in [1.165, 1.54) is 19.3 Å². The van der Waals surface area contributed by atoms with Crippen molar-refractivity contribution in [3.05, 3.63) is 0 Å². The highest BCUT2D eigenvalue weighted by molar-refractivity contribution is 5.81. The lowest BCUT2D eigenvalue weighted by atomic mass is 10.1. The molecule has 2 N–H and O–H groups in total. The molecular weight excluding hydrogens is 214 g/mol. The third-order valence-electron chi connectivity index (χ3n) is 3.24. The largest absolute Gasteiger partial charge is 0.352 e. The van der Waals surface area contributed by atoms with Crippen LogP contribution in [-0.2, 0) is 4.79 Å². The maximum absolute atomic E-state index is 11.9. The number of hydrogen-bond donors (Lipinski definition) is 2. The molecule has 0 bridgehead atoms. The lowest BCUT2D eigenvalue weighted by molar-refractivity contribution is -0.124. The molecule has 0 aromatic rings. The topological polar surface area (TPSA) is 44.4 Å². The van der Waals surface area contributed by atoms with Crippen LogP contribution in [0.1, 0.15) is 52.9 Å². The molecule has 0 aromatic heterocycles. The summed E-state index contributed by atoms with van der Waals surface area (Å²) in [5.41, 5.74) is 3.29. The number of carbonyl (C=O) groups excluding carboxylic acids is 1. The van der Waals surface area contributed by atoms with E-state index in [1.807, 2.05) is 6.92 Å². The fourth-order valence-corrected chi connectivity index (χ4v) is 2.23. The third kappa shape index (κ3) is 5.50. The van der Waals surface area contributed by atoms with Crippen molar-refractivity contribution in [2.75, 3.05) is 13.1 Å². The summed E-state index contributed by atoms with van der Waals surface area (Å²) in [6.07, 6.45) is 5.92. The summed E-state index contributed by atoms with van der Waals surface area (Å²) in [6.45, 7) is 8.25. The van der Waals surface area contributed by atoms with E-state index >= 15 is 0 Å². The van der Waals surface area contributed by atoms with Gasteiger partial charge in [0.25, 0.3) is 0 Å². The molecule has 0 radical (unpaired) electrons. The highest BCUT2D eigenvalue weighted by Crippen LogP contribution is 2.06. The quantitative estimate of drug-likeness (QED) is 0.743. The van der Waals surface area contributed by atoms with Crippen LogP contribution in [0.25, 0.3) is 0 Å². The van der Waals surface area contributed by atoms with Crippen LogP contribution in [0.2, 0.25) is 0 Å². The van der Waals surface area contributed by atoms with E-state index in [9.17, 15) is 4.79 Å². The molecule has 1 aliphatic heterocycles. The van der Waals surface area contributed by atoms with Crippen molar-refractivity contribution in [1.82, 2.24) is 15.8 Å². The second-order valence-corrected chi connectivity index (χ2v) is 5.10. The van der Waals surface area contributed by atoms with Crippen molar-refractivity contribution in [3.63, 3.8) is 0 Å². The van der Waals surface area contributed by atoms with Gasteiger partial charge in [0.2, 0.25) is 5.91 Å². The normalized spacial score (nSPS) is 20.9. The monoisotopic (exact) mass is 241 g/mol. The molecule has 1 heterocycles. The summed E-state index contributed by atoms with van der Waals surface area (Å²) in [5.74, 6) is 0.108. The van der Waals surface area contributed by atoms with Gasteiger partial charge >= 0.3 is 0 Å². The number of rotatable bonds is 6. The van der Waals surface area contributed by atoms with Gasteiger partial charge in [0, 0.05) is 19.1 Å². The van der Waals surface area contributed by atoms with E-state index in [0.717, 1.165) is 25.9 Å². The predicted octanol–water partition coefficient (Wildman–Crippen LogP) is 1.67. The fourth-order valence-electron chi connectivity index (χ4n) is 2.23. The molecule has 1 saturated heterocycles. The molecule has 0 spiro atoms. The summed E-state index contributed by atoms with van der Waals surface area (Å²) >= 11 is 0. The first kappa shape index (κ1) is 14.5. The van der Waals surface area contributed by atoms with Crippen LogP contribution >= 0.6 is 0 Å². The van der Waals surface area contributed by atoms with Crippen LogP contribution in [0.3, 0.4) is 0 Å². The number of nitrogens with zero attached hydrogens (tertiary/aromatic N) is 1. The number of carbonyl (C=O) groups is 1. The number of piperidine rings is 1. The van der Waals surface area contributed by atoms with Gasteiger partial charge in [0.1, 0.15) is 0 Å². The molecule has 2 atom stereocenters. The number of amides is 1. The molecule has 0 aliphatic carbocycles. The van der Waals surface area contributed by atoms with Crippen molar-refractivity contribution in [1.29, 1.82) is 0 Å². The fraction of sp³-hybridized carbons (Fsp3) is 0.923. The Morgan fingerprint density at radius 2 is 1.88 bits per heavy atom. The van der Waals surface area contributed by atoms with Gasteiger partial charge < -0.3 is 5.32 Å². The maximum atomic E-state index is 11.9.